The van der Waals surface area contributed by atoms with Crippen LogP contribution in [0.15, 0.2) is 18.2 Å². The van der Waals surface area contributed by atoms with Crippen molar-refractivity contribution in [3.05, 3.63) is 23.8 Å². The van der Waals surface area contributed by atoms with Crippen molar-refractivity contribution >= 4 is 11.8 Å². The Hall–Kier alpha value is -1.75. The maximum Gasteiger partial charge on any atom is 0.412 e. The van der Waals surface area contributed by atoms with Gasteiger partial charge in [-0.1, -0.05) is 0 Å². The largest absolute Gasteiger partial charge is 0.508 e. The van der Waals surface area contributed by atoms with Crippen LogP contribution in [-0.4, -0.2) is 22.8 Å². The van der Waals surface area contributed by atoms with Gasteiger partial charge in [0, 0.05) is 11.7 Å². The molecule has 0 unspecified atom stereocenters. The van der Waals surface area contributed by atoms with Crippen molar-refractivity contribution in [1.29, 1.82) is 0 Å². The topological polar surface area (TPSA) is 84.6 Å². The van der Waals surface area contributed by atoms with Crippen LogP contribution < -0.4 is 11.1 Å². The van der Waals surface area contributed by atoms with Gasteiger partial charge in [-0.15, -0.1) is 0 Å². The van der Waals surface area contributed by atoms with E-state index in [-0.39, 0.29) is 11.8 Å². The van der Waals surface area contributed by atoms with E-state index in [1.807, 2.05) is 6.92 Å². The lowest BCUT2D eigenvalue weighted by Gasteiger charge is -2.20. The molecule has 0 spiro atoms. The molecule has 112 valence electrons. The fourth-order valence-electron chi connectivity index (χ4n) is 1.71. The lowest BCUT2D eigenvalue weighted by atomic mass is 10.0. The number of hydrogen-bond donors (Lipinski definition) is 3. The van der Waals surface area contributed by atoms with Crippen LogP contribution in [0.1, 0.15) is 39.7 Å². The Bertz CT molecular complexity index is 465. The molecule has 0 bridgehead atoms. The summed E-state index contributed by atoms with van der Waals surface area (Å²) in [6.45, 7) is 7.34. The van der Waals surface area contributed by atoms with Gasteiger partial charge in [-0.2, -0.15) is 0 Å². The minimum atomic E-state index is -0.549. The fraction of sp³-hybridized carbons (Fsp3) is 0.533. The molecule has 4 N–H and O–H groups in total. The third-order valence-electron chi connectivity index (χ3n) is 2.59. The van der Waals surface area contributed by atoms with Crippen molar-refractivity contribution in [3.8, 4) is 5.75 Å². The third kappa shape index (κ3) is 5.93. The van der Waals surface area contributed by atoms with Crippen LogP contribution in [0.4, 0.5) is 10.5 Å². The Balaban J connectivity index is 2.80. The molecule has 1 rings (SSSR count). The van der Waals surface area contributed by atoms with E-state index < -0.39 is 11.7 Å². The van der Waals surface area contributed by atoms with Gasteiger partial charge in [-0.05, 0) is 64.3 Å². The standard InChI is InChI=1S/C15H24N2O3/c1-10(16)5-6-11-9-12(18)7-8-13(11)17-14(19)20-15(2,3)4/h7-10,18H,5-6,16H2,1-4H3,(H,17,19)/t10-/m0/s1. The highest BCUT2D eigenvalue weighted by atomic mass is 16.6. The van der Waals surface area contributed by atoms with E-state index in [1.165, 1.54) is 6.07 Å². The fourth-order valence-corrected chi connectivity index (χ4v) is 1.71. The number of nitrogens with one attached hydrogen (secondary N) is 1. The first kappa shape index (κ1) is 16.3. The second-order valence-corrected chi connectivity index (χ2v) is 5.98. The molecule has 1 aromatic rings. The molecule has 0 fully saturated rings. The number of phenolic OH excluding ortho intramolecular Hbond substituents is 1. The maximum absolute atomic E-state index is 11.8. The predicted molar refractivity (Wildman–Crippen MR) is 79.9 cm³/mol. The number of ether oxygens (including phenoxy) is 1. The van der Waals surface area contributed by atoms with E-state index in [0.29, 0.717) is 12.1 Å². The second-order valence-electron chi connectivity index (χ2n) is 5.98. The number of hydrogen-bond acceptors (Lipinski definition) is 4. The SMILES string of the molecule is C[C@H](N)CCc1cc(O)ccc1NC(=O)OC(C)(C)C. The normalized spacial score (nSPS) is 12.8. The molecule has 0 aliphatic carbocycles. The van der Waals surface area contributed by atoms with Gasteiger partial charge in [0.1, 0.15) is 11.4 Å². The molecule has 20 heavy (non-hydrogen) atoms. The van der Waals surface area contributed by atoms with Gasteiger partial charge in [0.2, 0.25) is 0 Å². The van der Waals surface area contributed by atoms with E-state index in [4.69, 9.17) is 10.5 Å². The van der Waals surface area contributed by atoms with Gasteiger partial charge in [-0.25, -0.2) is 4.79 Å². The Kier molecular flexibility index (Phi) is 5.39. The minimum absolute atomic E-state index is 0.0618. The van der Waals surface area contributed by atoms with Gasteiger partial charge >= 0.3 is 6.09 Å². The summed E-state index contributed by atoms with van der Waals surface area (Å²) in [6, 6.07) is 4.89. The summed E-state index contributed by atoms with van der Waals surface area (Å²) >= 11 is 0. The lowest BCUT2D eigenvalue weighted by Crippen LogP contribution is -2.27. The lowest BCUT2D eigenvalue weighted by molar-refractivity contribution is 0.0635. The Morgan fingerprint density at radius 3 is 2.65 bits per heavy atom. The van der Waals surface area contributed by atoms with Crippen molar-refractivity contribution < 1.29 is 14.6 Å². The van der Waals surface area contributed by atoms with Crippen LogP contribution >= 0.6 is 0 Å². The molecule has 0 saturated heterocycles. The zero-order chi connectivity index (χ0) is 15.3. The number of anilines is 1. The summed E-state index contributed by atoms with van der Waals surface area (Å²) in [4.78, 5) is 11.8. The molecule has 0 aromatic heterocycles. The Morgan fingerprint density at radius 1 is 1.45 bits per heavy atom. The van der Waals surface area contributed by atoms with Crippen molar-refractivity contribution in [3.63, 3.8) is 0 Å². The Morgan fingerprint density at radius 2 is 2.10 bits per heavy atom. The van der Waals surface area contributed by atoms with E-state index in [0.717, 1.165) is 12.0 Å². The molecule has 0 aliphatic rings. The minimum Gasteiger partial charge on any atom is -0.508 e. The van der Waals surface area contributed by atoms with Crippen LogP contribution in [0.3, 0.4) is 0 Å². The van der Waals surface area contributed by atoms with Crippen LogP contribution in [0.5, 0.6) is 5.75 Å². The summed E-state index contributed by atoms with van der Waals surface area (Å²) in [5.74, 6) is 0.166. The highest BCUT2D eigenvalue weighted by Gasteiger charge is 2.17. The number of carbonyl (C=O) groups excluding carboxylic acids is 1. The number of phenols is 1. The first-order chi connectivity index (χ1) is 9.17. The molecule has 0 radical (unpaired) electrons. The zero-order valence-electron chi connectivity index (χ0n) is 12.6. The molecule has 0 saturated carbocycles. The van der Waals surface area contributed by atoms with Crippen LogP contribution in [0.2, 0.25) is 0 Å². The van der Waals surface area contributed by atoms with E-state index >= 15 is 0 Å². The van der Waals surface area contributed by atoms with E-state index in [2.05, 4.69) is 5.32 Å². The molecule has 5 heteroatoms. The van der Waals surface area contributed by atoms with Crippen LogP contribution in [0.25, 0.3) is 0 Å². The highest BCUT2D eigenvalue weighted by molar-refractivity contribution is 5.86. The Labute approximate surface area is 120 Å². The number of nitrogens with two attached hydrogens (primary N) is 1. The van der Waals surface area contributed by atoms with Crippen molar-refractivity contribution in [2.24, 2.45) is 5.73 Å². The van der Waals surface area contributed by atoms with E-state index in [1.54, 1.807) is 32.9 Å². The van der Waals surface area contributed by atoms with Gasteiger partial charge < -0.3 is 15.6 Å². The number of carbonyl (C=O) groups is 1. The summed E-state index contributed by atoms with van der Waals surface area (Å²) in [6.07, 6.45) is 0.939. The smallest absolute Gasteiger partial charge is 0.412 e. The molecule has 0 aliphatic heterocycles. The number of amides is 1. The predicted octanol–water partition coefficient (Wildman–Crippen LogP) is 3.02. The average molecular weight is 280 g/mol. The summed E-state index contributed by atoms with van der Waals surface area (Å²) in [5.41, 5.74) is 6.67. The van der Waals surface area contributed by atoms with Crippen molar-refractivity contribution in [2.45, 2.75) is 52.2 Å². The molecule has 1 aromatic carbocycles. The summed E-state index contributed by atoms with van der Waals surface area (Å²) in [5, 5.41) is 12.3. The summed E-state index contributed by atoms with van der Waals surface area (Å²) in [7, 11) is 0. The first-order valence-electron chi connectivity index (χ1n) is 6.75. The number of aryl methyl sites for hydroxylation is 1. The number of rotatable bonds is 4. The van der Waals surface area contributed by atoms with Gasteiger partial charge in [0.25, 0.3) is 0 Å². The van der Waals surface area contributed by atoms with Crippen LogP contribution in [-0.2, 0) is 11.2 Å². The molecule has 0 heterocycles. The van der Waals surface area contributed by atoms with Crippen LogP contribution in [0, 0.1) is 0 Å². The summed E-state index contributed by atoms with van der Waals surface area (Å²) < 4.78 is 5.22. The monoisotopic (exact) mass is 280 g/mol. The quantitative estimate of drug-likeness (QED) is 0.740. The van der Waals surface area contributed by atoms with Gasteiger partial charge in [0.15, 0.2) is 0 Å². The van der Waals surface area contributed by atoms with Crippen molar-refractivity contribution in [2.75, 3.05) is 5.32 Å². The average Bonchev–Trinajstić information content (AvgIpc) is 2.26. The maximum atomic E-state index is 11.8. The third-order valence-corrected chi connectivity index (χ3v) is 2.59. The van der Waals surface area contributed by atoms with Gasteiger partial charge in [0.05, 0.1) is 0 Å². The zero-order valence-corrected chi connectivity index (χ0v) is 12.6. The number of aromatic hydroxyl groups is 1. The highest BCUT2D eigenvalue weighted by Crippen LogP contribution is 2.23. The molecule has 5 nitrogen and oxygen atoms in total. The van der Waals surface area contributed by atoms with Gasteiger partial charge in [-0.3, -0.25) is 5.32 Å². The molecule has 1 amide bonds. The van der Waals surface area contributed by atoms with Crippen molar-refractivity contribution in [1.82, 2.24) is 0 Å². The first-order valence-corrected chi connectivity index (χ1v) is 6.75. The molecule has 1 atom stereocenters. The number of benzene rings is 1. The second kappa shape index (κ2) is 6.61. The molecular formula is C15H24N2O3. The van der Waals surface area contributed by atoms with E-state index in [9.17, 15) is 9.90 Å². The molecular weight excluding hydrogens is 256 g/mol.